The van der Waals surface area contributed by atoms with Gasteiger partial charge in [0, 0.05) is 13.0 Å². The van der Waals surface area contributed by atoms with Gasteiger partial charge in [-0.1, -0.05) is 12.1 Å². The van der Waals surface area contributed by atoms with Crippen LogP contribution in [0, 0.1) is 11.8 Å². The van der Waals surface area contributed by atoms with Crippen molar-refractivity contribution in [2.75, 3.05) is 13.1 Å². The lowest BCUT2D eigenvalue weighted by Gasteiger charge is -2.31. The fraction of sp³-hybridized carbons (Fsp3) is 0.667. The van der Waals surface area contributed by atoms with Crippen LogP contribution in [0.4, 0.5) is 0 Å². The zero-order valence-electron chi connectivity index (χ0n) is 8.70. The fourth-order valence-corrected chi connectivity index (χ4v) is 2.21. The van der Waals surface area contributed by atoms with Crippen LogP contribution in [0.25, 0.3) is 0 Å². The van der Waals surface area contributed by atoms with Gasteiger partial charge >= 0.3 is 0 Å². The number of ketones is 1. The van der Waals surface area contributed by atoms with Crippen LogP contribution in [-0.2, 0) is 7.05 Å². The highest BCUT2D eigenvalue weighted by Gasteiger charge is 2.32. The number of hydrogen-bond acceptors (Lipinski definition) is 4. The van der Waals surface area contributed by atoms with Gasteiger partial charge in [-0.05, 0) is 34.9 Å². The van der Waals surface area contributed by atoms with Crippen molar-refractivity contribution in [3.8, 4) is 0 Å². The lowest BCUT2D eigenvalue weighted by Crippen LogP contribution is -2.47. The molecule has 2 heterocycles. The van der Waals surface area contributed by atoms with Crippen LogP contribution < -0.4 is 5.32 Å². The zero-order valence-corrected chi connectivity index (χ0v) is 10.3. The molecule has 0 spiro atoms. The summed E-state index contributed by atoms with van der Waals surface area (Å²) in [6.45, 7) is 3.82. The number of rotatable bonds is 3. The second kappa shape index (κ2) is 4.02. The van der Waals surface area contributed by atoms with Crippen LogP contribution in [0.15, 0.2) is 4.60 Å². The first kappa shape index (κ1) is 10.8. The van der Waals surface area contributed by atoms with Gasteiger partial charge in [0.15, 0.2) is 10.4 Å². The maximum atomic E-state index is 12.1. The summed E-state index contributed by atoms with van der Waals surface area (Å²) in [5.74, 6) is 0.583. The molecule has 1 aliphatic heterocycles. The van der Waals surface area contributed by atoms with E-state index in [1.165, 1.54) is 4.68 Å². The summed E-state index contributed by atoms with van der Waals surface area (Å²) < 4.78 is 2.06. The maximum Gasteiger partial charge on any atom is 0.186 e. The Morgan fingerprint density at radius 3 is 2.73 bits per heavy atom. The van der Waals surface area contributed by atoms with E-state index in [1.807, 2.05) is 6.92 Å². The molecule has 1 N–H and O–H groups in total. The molecule has 1 aliphatic rings. The molecule has 2 rings (SSSR count). The van der Waals surface area contributed by atoms with Crippen molar-refractivity contribution in [2.45, 2.75) is 6.92 Å². The molecule has 82 valence electrons. The van der Waals surface area contributed by atoms with Gasteiger partial charge in [0.05, 0.1) is 0 Å². The molecular weight excluding hydrogens is 260 g/mol. The molecule has 0 bridgehead atoms. The summed E-state index contributed by atoms with van der Waals surface area (Å²) >= 11 is 3.24. The standard InChI is InChI=1S/C9H13BrN4O/c1-5(6-3-11-4-6)8(15)7-9(10)12-13-14(7)2/h5-6,11H,3-4H2,1-2H3. The number of nitrogens with one attached hydrogen (secondary N) is 1. The minimum absolute atomic E-state index is 0.0275. The van der Waals surface area contributed by atoms with Gasteiger partial charge in [0.2, 0.25) is 0 Å². The smallest absolute Gasteiger partial charge is 0.186 e. The Kier molecular flexibility index (Phi) is 2.88. The topological polar surface area (TPSA) is 59.8 Å². The molecule has 1 aromatic heterocycles. The van der Waals surface area contributed by atoms with Crippen molar-refractivity contribution in [2.24, 2.45) is 18.9 Å². The van der Waals surface area contributed by atoms with E-state index in [1.54, 1.807) is 7.05 Å². The maximum absolute atomic E-state index is 12.1. The third-order valence-corrected chi connectivity index (χ3v) is 3.49. The summed E-state index contributed by atoms with van der Waals surface area (Å²) in [5.41, 5.74) is 0.564. The van der Waals surface area contributed by atoms with E-state index in [-0.39, 0.29) is 11.7 Å². The van der Waals surface area contributed by atoms with Crippen molar-refractivity contribution in [1.82, 2.24) is 20.3 Å². The summed E-state index contributed by atoms with van der Waals surface area (Å²) in [7, 11) is 1.73. The number of carbonyl (C=O) groups is 1. The third-order valence-electron chi connectivity index (χ3n) is 2.95. The van der Waals surface area contributed by atoms with Gasteiger partial charge in [-0.2, -0.15) is 0 Å². The third kappa shape index (κ3) is 1.83. The summed E-state index contributed by atoms with van der Waals surface area (Å²) in [6, 6.07) is 0. The normalized spacial score (nSPS) is 18.6. The Balaban J connectivity index is 2.19. The van der Waals surface area contributed by atoms with E-state index in [2.05, 4.69) is 31.6 Å². The first-order valence-electron chi connectivity index (χ1n) is 4.91. The number of aromatic nitrogens is 3. The molecule has 15 heavy (non-hydrogen) atoms. The molecule has 1 aromatic rings. The number of halogens is 1. The van der Waals surface area contributed by atoms with Crippen LogP contribution in [0.3, 0.4) is 0 Å². The zero-order chi connectivity index (χ0) is 11.0. The number of nitrogens with zero attached hydrogens (tertiary/aromatic N) is 3. The lowest BCUT2D eigenvalue weighted by molar-refractivity contribution is 0.0843. The molecule has 0 aromatic carbocycles. The van der Waals surface area contributed by atoms with E-state index in [0.717, 1.165) is 13.1 Å². The predicted octanol–water partition coefficient (Wildman–Crippen LogP) is 0.616. The molecule has 1 fully saturated rings. The van der Waals surface area contributed by atoms with Crippen molar-refractivity contribution in [1.29, 1.82) is 0 Å². The van der Waals surface area contributed by atoms with Crippen molar-refractivity contribution >= 4 is 21.7 Å². The highest BCUT2D eigenvalue weighted by Crippen LogP contribution is 2.23. The molecular formula is C9H13BrN4O. The van der Waals surface area contributed by atoms with Gasteiger partial charge in [-0.3, -0.25) is 4.79 Å². The van der Waals surface area contributed by atoms with Crippen LogP contribution in [0.5, 0.6) is 0 Å². The number of aryl methyl sites for hydroxylation is 1. The quantitative estimate of drug-likeness (QED) is 0.820. The van der Waals surface area contributed by atoms with E-state index in [9.17, 15) is 4.79 Å². The summed E-state index contributed by atoms with van der Waals surface area (Å²) in [4.78, 5) is 12.1. The molecule has 0 aliphatic carbocycles. The second-order valence-corrected chi connectivity index (χ2v) is 4.67. The Bertz CT molecular complexity index is 366. The molecule has 1 saturated heterocycles. The van der Waals surface area contributed by atoms with Gasteiger partial charge in [-0.25, -0.2) is 4.68 Å². The van der Waals surface area contributed by atoms with Crippen molar-refractivity contribution in [3.63, 3.8) is 0 Å². The highest BCUT2D eigenvalue weighted by molar-refractivity contribution is 9.10. The fourth-order valence-electron chi connectivity index (χ4n) is 1.69. The molecule has 0 radical (unpaired) electrons. The molecule has 1 atom stereocenters. The van der Waals surface area contributed by atoms with Crippen LogP contribution >= 0.6 is 15.9 Å². The van der Waals surface area contributed by atoms with Crippen LogP contribution in [0.1, 0.15) is 17.4 Å². The van der Waals surface area contributed by atoms with Gasteiger partial charge in [0.25, 0.3) is 0 Å². The molecule has 0 saturated carbocycles. The average molecular weight is 273 g/mol. The van der Waals surface area contributed by atoms with E-state index < -0.39 is 0 Å². The summed E-state index contributed by atoms with van der Waals surface area (Å²) in [5, 5.41) is 10.8. The number of hydrogen-bond donors (Lipinski definition) is 1. The second-order valence-electron chi connectivity index (χ2n) is 3.92. The average Bonchev–Trinajstić information content (AvgIpc) is 2.42. The number of Topliss-reactive ketones (excluding diaryl/α,β-unsaturated/α-hetero) is 1. The van der Waals surface area contributed by atoms with E-state index in [0.29, 0.717) is 16.2 Å². The number of carbonyl (C=O) groups excluding carboxylic acids is 1. The first-order chi connectivity index (χ1) is 7.11. The Labute approximate surface area is 96.4 Å². The highest BCUT2D eigenvalue weighted by atomic mass is 79.9. The largest absolute Gasteiger partial charge is 0.316 e. The van der Waals surface area contributed by atoms with Gasteiger partial charge in [0.1, 0.15) is 5.69 Å². The van der Waals surface area contributed by atoms with E-state index in [4.69, 9.17) is 0 Å². The SMILES string of the molecule is CC(C(=O)c1c(Br)nnn1C)C1CNC1. The minimum Gasteiger partial charge on any atom is -0.316 e. The van der Waals surface area contributed by atoms with Crippen LogP contribution in [0.2, 0.25) is 0 Å². The summed E-state index contributed by atoms with van der Waals surface area (Å²) in [6.07, 6.45) is 0. The molecule has 6 heteroatoms. The Morgan fingerprint density at radius 2 is 2.33 bits per heavy atom. The van der Waals surface area contributed by atoms with E-state index >= 15 is 0 Å². The predicted molar refractivity (Wildman–Crippen MR) is 58.6 cm³/mol. The molecule has 5 nitrogen and oxygen atoms in total. The molecule has 0 amide bonds. The minimum atomic E-state index is 0.0275. The van der Waals surface area contributed by atoms with Crippen molar-refractivity contribution in [3.05, 3.63) is 10.3 Å². The van der Waals surface area contributed by atoms with Crippen LogP contribution in [-0.4, -0.2) is 33.9 Å². The van der Waals surface area contributed by atoms with Gasteiger partial charge < -0.3 is 5.32 Å². The first-order valence-corrected chi connectivity index (χ1v) is 5.70. The van der Waals surface area contributed by atoms with Crippen molar-refractivity contribution < 1.29 is 4.79 Å². The lowest BCUT2D eigenvalue weighted by atomic mass is 9.85. The van der Waals surface area contributed by atoms with Gasteiger partial charge in [-0.15, -0.1) is 5.10 Å². The Hall–Kier alpha value is -0.750. The Morgan fingerprint density at radius 1 is 1.67 bits per heavy atom. The molecule has 1 unspecified atom stereocenters. The monoisotopic (exact) mass is 272 g/mol.